The van der Waals surface area contributed by atoms with Crippen molar-refractivity contribution in [2.75, 3.05) is 6.54 Å². The Morgan fingerprint density at radius 2 is 2.00 bits per heavy atom. The van der Waals surface area contributed by atoms with Crippen molar-refractivity contribution in [2.24, 2.45) is 0 Å². The quantitative estimate of drug-likeness (QED) is 0.421. The van der Waals surface area contributed by atoms with Gasteiger partial charge in [-0.1, -0.05) is 12.1 Å². The maximum atomic E-state index is 12.4. The number of benzene rings is 1. The van der Waals surface area contributed by atoms with Gasteiger partial charge in [-0.15, -0.1) is 0 Å². The van der Waals surface area contributed by atoms with Crippen LogP contribution in [0.4, 0.5) is 10.5 Å². The average Bonchev–Trinajstić information content (AvgIpc) is 3.21. The molecule has 2 heterocycles. The highest BCUT2D eigenvalue weighted by atomic mass is 32.2. The summed E-state index contributed by atoms with van der Waals surface area (Å²) in [5.41, 5.74) is 0.191. The van der Waals surface area contributed by atoms with Crippen LogP contribution in [0.15, 0.2) is 45.7 Å². The Morgan fingerprint density at radius 3 is 2.71 bits per heavy atom. The Balaban J connectivity index is 1.79. The molecule has 9 nitrogen and oxygen atoms in total. The second-order valence-electron chi connectivity index (χ2n) is 5.81. The number of aliphatic carboxylic acids is 1. The van der Waals surface area contributed by atoms with E-state index in [1.165, 1.54) is 12.1 Å². The summed E-state index contributed by atoms with van der Waals surface area (Å²) in [6, 6.07) is 9.20. The first-order chi connectivity index (χ1) is 13.4. The third kappa shape index (κ3) is 4.12. The molecule has 0 bridgehead atoms. The molecule has 144 valence electrons. The highest BCUT2D eigenvalue weighted by Crippen LogP contribution is 2.35. The number of carbonyl (C=O) groups excluding carboxylic acids is 2. The van der Waals surface area contributed by atoms with E-state index in [0.717, 1.165) is 16.7 Å². The van der Waals surface area contributed by atoms with E-state index in [4.69, 9.17) is 9.52 Å². The van der Waals surface area contributed by atoms with Gasteiger partial charge in [-0.05, 0) is 36.4 Å². The number of carbonyl (C=O) groups is 3. The van der Waals surface area contributed by atoms with Crippen molar-refractivity contribution in [1.29, 1.82) is 0 Å². The number of thioether (sulfide) groups is 1. The first-order valence-electron chi connectivity index (χ1n) is 8.17. The van der Waals surface area contributed by atoms with Crippen LogP contribution in [0.2, 0.25) is 0 Å². The van der Waals surface area contributed by atoms with Crippen molar-refractivity contribution in [2.45, 2.75) is 12.8 Å². The summed E-state index contributed by atoms with van der Waals surface area (Å²) in [5.74, 6) is -0.993. The Labute approximate surface area is 162 Å². The van der Waals surface area contributed by atoms with Crippen molar-refractivity contribution in [3.63, 3.8) is 0 Å². The van der Waals surface area contributed by atoms with Crippen LogP contribution in [0.25, 0.3) is 17.4 Å². The van der Waals surface area contributed by atoms with Crippen LogP contribution >= 0.6 is 11.8 Å². The largest absolute Gasteiger partial charge is 0.481 e. The molecule has 0 radical (unpaired) electrons. The fourth-order valence-electron chi connectivity index (χ4n) is 2.63. The number of carboxylic acids is 1. The molecule has 1 fully saturated rings. The molecule has 0 unspecified atom stereocenters. The second-order valence-corrected chi connectivity index (χ2v) is 6.80. The molecule has 10 heteroatoms. The van der Waals surface area contributed by atoms with Crippen molar-refractivity contribution < 1.29 is 28.8 Å². The number of hydrogen-bond acceptors (Lipinski definition) is 7. The highest BCUT2D eigenvalue weighted by Gasteiger charge is 2.35. The number of rotatable bonds is 7. The third-order valence-electron chi connectivity index (χ3n) is 3.91. The van der Waals surface area contributed by atoms with Crippen molar-refractivity contribution in [3.8, 4) is 11.3 Å². The zero-order chi connectivity index (χ0) is 20.3. The van der Waals surface area contributed by atoms with Crippen LogP contribution < -0.4 is 0 Å². The summed E-state index contributed by atoms with van der Waals surface area (Å²) >= 11 is 0.731. The van der Waals surface area contributed by atoms with Gasteiger partial charge in [0.25, 0.3) is 16.8 Å². The van der Waals surface area contributed by atoms with E-state index < -0.39 is 22.0 Å². The molecule has 28 heavy (non-hydrogen) atoms. The number of amides is 2. The average molecular weight is 402 g/mol. The van der Waals surface area contributed by atoms with E-state index in [0.29, 0.717) is 5.56 Å². The molecule has 0 saturated carbocycles. The number of hydrogen-bond donors (Lipinski definition) is 1. The van der Waals surface area contributed by atoms with Gasteiger partial charge in [-0.25, -0.2) is 0 Å². The van der Waals surface area contributed by atoms with Gasteiger partial charge in [0.1, 0.15) is 11.5 Å². The minimum atomic E-state index is -0.999. The smallest absolute Gasteiger partial charge is 0.303 e. The number of nitro benzene ring substituents is 1. The van der Waals surface area contributed by atoms with Crippen LogP contribution in [-0.2, 0) is 9.59 Å². The predicted molar refractivity (Wildman–Crippen MR) is 100 cm³/mol. The SMILES string of the molecule is O=C(O)CCCN1C(=O)SC(=Cc2ccc(-c3ccccc3[N+](=O)[O-])o2)C1=O. The fourth-order valence-corrected chi connectivity index (χ4v) is 3.47. The molecule has 1 aliphatic rings. The Morgan fingerprint density at radius 1 is 1.25 bits per heavy atom. The summed E-state index contributed by atoms with van der Waals surface area (Å²) in [6.07, 6.45) is 1.42. The van der Waals surface area contributed by atoms with Gasteiger partial charge < -0.3 is 9.52 Å². The number of nitro groups is 1. The number of nitrogens with zero attached hydrogens (tertiary/aromatic N) is 2. The lowest BCUT2D eigenvalue weighted by molar-refractivity contribution is -0.384. The first-order valence-corrected chi connectivity index (χ1v) is 8.99. The summed E-state index contributed by atoms with van der Waals surface area (Å²) in [7, 11) is 0. The van der Waals surface area contributed by atoms with Crippen LogP contribution in [0.5, 0.6) is 0 Å². The fraction of sp³-hybridized carbons (Fsp3) is 0.167. The lowest BCUT2D eigenvalue weighted by atomic mass is 10.1. The van der Waals surface area contributed by atoms with E-state index in [9.17, 15) is 24.5 Å². The van der Waals surface area contributed by atoms with Crippen molar-refractivity contribution in [1.82, 2.24) is 4.90 Å². The van der Waals surface area contributed by atoms with E-state index in [1.54, 1.807) is 30.3 Å². The maximum absolute atomic E-state index is 12.4. The molecule has 0 spiro atoms. The Bertz CT molecular complexity index is 995. The van der Waals surface area contributed by atoms with E-state index in [1.807, 2.05) is 0 Å². The number of carboxylic acid groups (broad SMARTS) is 1. The molecule has 1 saturated heterocycles. The second kappa shape index (κ2) is 8.09. The van der Waals surface area contributed by atoms with Crippen molar-refractivity contribution >= 4 is 40.6 Å². The first kappa shape index (κ1) is 19.4. The summed E-state index contributed by atoms with van der Waals surface area (Å²) in [5, 5.41) is 19.3. The standard InChI is InChI=1S/C18H14N2O7S/c21-16(22)6-3-9-19-17(23)15(28-18(19)24)10-11-7-8-14(27-11)12-4-1-2-5-13(12)20(25)26/h1-2,4-5,7-8,10H,3,6,9H2,(H,21,22). The monoisotopic (exact) mass is 402 g/mol. The molecule has 1 aliphatic heterocycles. The molecule has 3 rings (SSSR count). The lowest BCUT2D eigenvalue weighted by Crippen LogP contribution is -2.29. The number of imide groups is 1. The summed E-state index contributed by atoms with van der Waals surface area (Å²) in [4.78, 5) is 46.7. The third-order valence-corrected chi connectivity index (χ3v) is 4.82. The van der Waals surface area contributed by atoms with Crippen LogP contribution in [0.1, 0.15) is 18.6 Å². The molecule has 0 aliphatic carbocycles. The molecule has 1 aromatic heterocycles. The summed E-state index contributed by atoms with van der Waals surface area (Å²) < 4.78 is 5.60. The molecular formula is C18H14N2O7S. The molecular weight excluding hydrogens is 388 g/mol. The minimum absolute atomic E-state index is 0.0217. The zero-order valence-electron chi connectivity index (χ0n) is 14.4. The van der Waals surface area contributed by atoms with Gasteiger partial charge in [0, 0.05) is 25.1 Å². The Hall–Kier alpha value is -3.40. The Kier molecular flexibility index (Phi) is 5.59. The lowest BCUT2D eigenvalue weighted by Gasteiger charge is -2.10. The van der Waals surface area contributed by atoms with Gasteiger partial charge in [0.05, 0.1) is 15.4 Å². The van der Waals surface area contributed by atoms with Crippen LogP contribution in [0, 0.1) is 10.1 Å². The normalized spacial score (nSPS) is 15.4. The molecule has 2 aromatic rings. The van der Waals surface area contributed by atoms with Gasteiger partial charge in [0.2, 0.25) is 0 Å². The van der Waals surface area contributed by atoms with Gasteiger partial charge in [-0.3, -0.25) is 29.4 Å². The van der Waals surface area contributed by atoms with Gasteiger partial charge >= 0.3 is 5.97 Å². The molecule has 2 amide bonds. The zero-order valence-corrected chi connectivity index (χ0v) is 15.2. The number of furan rings is 1. The van der Waals surface area contributed by atoms with Gasteiger partial charge in [-0.2, -0.15) is 0 Å². The topological polar surface area (TPSA) is 131 Å². The van der Waals surface area contributed by atoms with E-state index >= 15 is 0 Å². The maximum Gasteiger partial charge on any atom is 0.303 e. The number of para-hydroxylation sites is 1. The highest BCUT2D eigenvalue weighted by molar-refractivity contribution is 8.18. The summed E-state index contributed by atoms with van der Waals surface area (Å²) in [6.45, 7) is 0.0217. The van der Waals surface area contributed by atoms with E-state index in [2.05, 4.69) is 0 Å². The molecule has 0 atom stereocenters. The van der Waals surface area contributed by atoms with Crippen LogP contribution in [-0.4, -0.2) is 38.6 Å². The van der Waals surface area contributed by atoms with Crippen molar-refractivity contribution in [3.05, 3.63) is 57.2 Å². The van der Waals surface area contributed by atoms with Crippen LogP contribution in [0.3, 0.4) is 0 Å². The predicted octanol–water partition coefficient (Wildman–Crippen LogP) is 3.76. The van der Waals surface area contributed by atoms with E-state index in [-0.39, 0.29) is 41.5 Å². The van der Waals surface area contributed by atoms with Gasteiger partial charge in [0.15, 0.2) is 0 Å². The minimum Gasteiger partial charge on any atom is -0.481 e. The molecule has 1 aromatic carbocycles. The molecule has 1 N–H and O–H groups in total.